The number of hydrogen-bond acceptors (Lipinski definition) is 3. The summed E-state index contributed by atoms with van der Waals surface area (Å²) in [6.45, 7) is 3.38. The van der Waals surface area contributed by atoms with Crippen molar-refractivity contribution < 1.29 is 9.90 Å². The van der Waals surface area contributed by atoms with Gasteiger partial charge in [-0.2, -0.15) is 0 Å². The smallest absolute Gasteiger partial charge is 0.320 e. The monoisotopic (exact) mass is 258 g/mol. The molecule has 6 heteroatoms. The molecule has 1 atom stereocenters. The molecule has 0 spiro atoms. The standard InChI is InChI=1S/C12H26N4O2/c1-2-3-4-5-8-15-10(11(17)18)7-6-9-16-12(13)14/h10,15H,2-9H2,1H3,(H,17,18)(H4,13,14,16)/t10-/m1/s1. The van der Waals surface area contributed by atoms with Gasteiger partial charge in [0.25, 0.3) is 0 Å². The van der Waals surface area contributed by atoms with Crippen LogP contribution in [0.15, 0.2) is 4.99 Å². The van der Waals surface area contributed by atoms with Crippen LogP contribution in [-0.4, -0.2) is 36.2 Å². The fourth-order valence-electron chi connectivity index (χ4n) is 1.64. The number of carbonyl (C=O) groups is 1. The van der Waals surface area contributed by atoms with E-state index >= 15 is 0 Å². The zero-order valence-electron chi connectivity index (χ0n) is 11.2. The Labute approximate surface area is 109 Å². The maximum absolute atomic E-state index is 11.0. The largest absolute Gasteiger partial charge is 0.480 e. The summed E-state index contributed by atoms with van der Waals surface area (Å²) in [4.78, 5) is 14.8. The molecule has 0 aromatic heterocycles. The number of aliphatic carboxylic acids is 1. The summed E-state index contributed by atoms with van der Waals surface area (Å²) in [5.74, 6) is -0.760. The second-order valence-electron chi connectivity index (χ2n) is 4.35. The van der Waals surface area contributed by atoms with Gasteiger partial charge in [-0.1, -0.05) is 26.2 Å². The lowest BCUT2D eigenvalue weighted by molar-refractivity contribution is -0.139. The van der Waals surface area contributed by atoms with Gasteiger partial charge in [-0.3, -0.25) is 9.79 Å². The normalized spacial score (nSPS) is 12.1. The average Bonchev–Trinajstić information content (AvgIpc) is 2.30. The molecule has 0 rings (SSSR count). The number of rotatable bonds is 11. The van der Waals surface area contributed by atoms with Crippen molar-refractivity contribution in [2.75, 3.05) is 13.1 Å². The number of nitrogens with one attached hydrogen (secondary N) is 1. The number of unbranched alkanes of at least 4 members (excludes halogenated alkanes) is 3. The molecule has 0 bridgehead atoms. The Morgan fingerprint density at radius 1 is 1.28 bits per heavy atom. The van der Waals surface area contributed by atoms with Gasteiger partial charge in [0.15, 0.2) is 5.96 Å². The summed E-state index contributed by atoms with van der Waals surface area (Å²) in [5.41, 5.74) is 10.4. The highest BCUT2D eigenvalue weighted by molar-refractivity contribution is 5.75. The van der Waals surface area contributed by atoms with Crippen molar-refractivity contribution in [1.82, 2.24) is 5.32 Å². The van der Waals surface area contributed by atoms with Gasteiger partial charge >= 0.3 is 5.97 Å². The first-order valence-electron chi connectivity index (χ1n) is 6.59. The number of hydrogen-bond donors (Lipinski definition) is 4. The Hall–Kier alpha value is -1.30. The minimum Gasteiger partial charge on any atom is -0.480 e. The Morgan fingerprint density at radius 3 is 2.56 bits per heavy atom. The van der Waals surface area contributed by atoms with E-state index in [2.05, 4.69) is 17.2 Å². The van der Waals surface area contributed by atoms with Crippen LogP contribution in [0.25, 0.3) is 0 Å². The molecule has 0 aromatic carbocycles. The predicted octanol–water partition coefficient (Wildman–Crippen LogP) is 0.663. The molecule has 0 heterocycles. The zero-order valence-corrected chi connectivity index (χ0v) is 11.2. The topological polar surface area (TPSA) is 114 Å². The van der Waals surface area contributed by atoms with Gasteiger partial charge in [0, 0.05) is 6.54 Å². The summed E-state index contributed by atoms with van der Waals surface area (Å²) < 4.78 is 0. The summed E-state index contributed by atoms with van der Waals surface area (Å²) in [6, 6.07) is -0.499. The molecule has 6 N–H and O–H groups in total. The van der Waals surface area contributed by atoms with E-state index in [0.29, 0.717) is 19.4 Å². The van der Waals surface area contributed by atoms with E-state index in [4.69, 9.17) is 16.6 Å². The minimum absolute atomic E-state index is 0.0504. The van der Waals surface area contributed by atoms with Crippen LogP contribution in [0.1, 0.15) is 45.4 Å². The van der Waals surface area contributed by atoms with Crippen molar-refractivity contribution in [3.8, 4) is 0 Å². The van der Waals surface area contributed by atoms with Gasteiger partial charge in [0.2, 0.25) is 0 Å². The fourth-order valence-corrected chi connectivity index (χ4v) is 1.64. The summed E-state index contributed by atoms with van der Waals surface area (Å²) in [6.07, 6.45) is 5.75. The van der Waals surface area contributed by atoms with Crippen LogP contribution < -0.4 is 16.8 Å². The summed E-state index contributed by atoms with van der Waals surface area (Å²) in [5, 5.41) is 12.1. The highest BCUT2D eigenvalue weighted by Gasteiger charge is 2.15. The van der Waals surface area contributed by atoms with E-state index in [1.807, 2.05) is 0 Å². The Kier molecular flexibility index (Phi) is 10.0. The van der Waals surface area contributed by atoms with Gasteiger partial charge in [-0.25, -0.2) is 0 Å². The molecule has 0 unspecified atom stereocenters. The van der Waals surface area contributed by atoms with Crippen molar-refractivity contribution >= 4 is 11.9 Å². The molecule has 0 saturated heterocycles. The van der Waals surface area contributed by atoms with Crippen LogP contribution in [0.5, 0.6) is 0 Å². The van der Waals surface area contributed by atoms with Gasteiger partial charge in [0.05, 0.1) is 0 Å². The summed E-state index contributed by atoms with van der Waals surface area (Å²) >= 11 is 0. The van der Waals surface area contributed by atoms with Gasteiger partial charge < -0.3 is 21.9 Å². The lowest BCUT2D eigenvalue weighted by Gasteiger charge is -2.13. The van der Waals surface area contributed by atoms with Crippen molar-refractivity contribution in [3.05, 3.63) is 0 Å². The number of aliphatic imine (C=N–C) groups is 1. The van der Waals surface area contributed by atoms with Crippen LogP contribution in [-0.2, 0) is 4.79 Å². The average molecular weight is 258 g/mol. The van der Waals surface area contributed by atoms with Crippen molar-refractivity contribution in [2.45, 2.75) is 51.5 Å². The Bertz CT molecular complexity index is 252. The maximum Gasteiger partial charge on any atom is 0.320 e. The molecular weight excluding hydrogens is 232 g/mol. The molecule has 0 fully saturated rings. The first kappa shape index (κ1) is 16.7. The van der Waals surface area contributed by atoms with Crippen molar-refractivity contribution in [3.63, 3.8) is 0 Å². The highest BCUT2D eigenvalue weighted by atomic mass is 16.4. The molecule has 0 aromatic rings. The summed E-state index contributed by atoms with van der Waals surface area (Å²) in [7, 11) is 0. The van der Waals surface area contributed by atoms with E-state index in [-0.39, 0.29) is 5.96 Å². The molecule has 0 saturated carbocycles. The lowest BCUT2D eigenvalue weighted by Crippen LogP contribution is -2.37. The first-order valence-corrected chi connectivity index (χ1v) is 6.59. The molecule has 106 valence electrons. The van der Waals surface area contributed by atoms with E-state index in [1.54, 1.807) is 0 Å². The molecule has 18 heavy (non-hydrogen) atoms. The molecule has 0 aliphatic heterocycles. The van der Waals surface area contributed by atoms with Crippen LogP contribution in [0, 0.1) is 0 Å². The third-order valence-corrected chi connectivity index (χ3v) is 2.66. The third kappa shape index (κ3) is 9.89. The fraction of sp³-hybridized carbons (Fsp3) is 0.833. The molecule has 0 aliphatic rings. The predicted molar refractivity (Wildman–Crippen MR) is 73.5 cm³/mol. The van der Waals surface area contributed by atoms with Gasteiger partial charge in [-0.05, 0) is 25.8 Å². The number of nitrogens with two attached hydrogens (primary N) is 2. The SMILES string of the molecule is CCCCCCN[C@H](CCCN=C(N)N)C(=O)O. The van der Waals surface area contributed by atoms with Crippen molar-refractivity contribution in [2.24, 2.45) is 16.5 Å². The van der Waals surface area contributed by atoms with E-state index < -0.39 is 12.0 Å². The van der Waals surface area contributed by atoms with Crippen LogP contribution >= 0.6 is 0 Å². The zero-order chi connectivity index (χ0) is 13.8. The number of nitrogens with zero attached hydrogens (tertiary/aromatic N) is 1. The second-order valence-corrected chi connectivity index (χ2v) is 4.35. The molecule has 0 radical (unpaired) electrons. The Balaban J connectivity index is 3.72. The van der Waals surface area contributed by atoms with E-state index in [0.717, 1.165) is 19.4 Å². The van der Waals surface area contributed by atoms with E-state index in [1.165, 1.54) is 12.8 Å². The molecule has 6 nitrogen and oxygen atoms in total. The molecular formula is C12H26N4O2. The first-order chi connectivity index (χ1) is 8.57. The maximum atomic E-state index is 11.0. The molecule has 0 amide bonds. The van der Waals surface area contributed by atoms with Crippen LogP contribution in [0.3, 0.4) is 0 Å². The minimum atomic E-state index is -0.810. The van der Waals surface area contributed by atoms with Crippen molar-refractivity contribution in [1.29, 1.82) is 0 Å². The number of guanidine groups is 1. The lowest BCUT2D eigenvalue weighted by atomic mass is 10.1. The van der Waals surface area contributed by atoms with Crippen LogP contribution in [0.4, 0.5) is 0 Å². The van der Waals surface area contributed by atoms with E-state index in [9.17, 15) is 4.79 Å². The highest BCUT2D eigenvalue weighted by Crippen LogP contribution is 2.01. The number of carboxylic acid groups (broad SMARTS) is 1. The number of carboxylic acids is 1. The quantitative estimate of drug-likeness (QED) is 0.247. The molecule has 0 aliphatic carbocycles. The second kappa shape index (κ2) is 10.8. The van der Waals surface area contributed by atoms with Crippen LogP contribution in [0.2, 0.25) is 0 Å². The Morgan fingerprint density at radius 2 is 2.00 bits per heavy atom. The van der Waals surface area contributed by atoms with Gasteiger partial charge in [-0.15, -0.1) is 0 Å². The third-order valence-electron chi connectivity index (χ3n) is 2.66. The van der Waals surface area contributed by atoms with Gasteiger partial charge in [0.1, 0.15) is 6.04 Å².